The fraction of sp³-hybridized carbons (Fsp3) is 0.526. The molecule has 0 aliphatic carbocycles. The summed E-state index contributed by atoms with van der Waals surface area (Å²) in [6.07, 6.45) is 1.40. The van der Waals surface area contributed by atoms with Gasteiger partial charge in [0.2, 0.25) is 0 Å². The van der Waals surface area contributed by atoms with Gasteiger partial charge in [0, 0.05) is 19.6 Å². The summed E-state index contributed by atoms with van der Waals surface area (Å²) in [5.74, 6) is 1.02. The molecule has 1 aromatic carbocycles. The lowest BCUT2D eigenvalue weighted by Crippen LogP contribution is -2.34. The number of nitrogens with zero attached hydrogens (tertiary/aromatic N) is 4. The largest absolute Gasteiger partial charge is 0.444 e. The summed E-state index contributed by atoms with van der Waals surface area (Å²) in [5, 5.41) is 11.0. The molecule has 1 amide bonds. The molecule has 1 atom stereocenters. The van der Waals surface area contributed by atoms with Crippen LogP contribution in [0.1, 0.15) is 50.7 Å². The number of fused-ring (bicyclic) bond motifs is 1. The van der Waals surface area contributed by atoms with E-state index in [1.165, 1.54) is 5.56 Å². The van der Waals surface area contributed by atoms with Gasteiger partial charge >= 0.3 is 6.09 Å². The van der Waals surface area contributed by atoms with Crippen LogP contribution in [0.4, 0.5) is 4.79 Å². The number of ether oxygens (including phenoxy) is 1. The number of aromatic nitrogens is 3. The first-order valence-electron chi connectivity index (χ1n) is 8.97. The van der Waals surface area contributed by atoms with E-state index in [1.54, 1.807) is 6.33 Å². The number of amides is 1. The third-order valence-corrected chi connectivity index (χ3v) is 4.34. The van der Waals surface area contributed by atoms with E-state index in [-0.39, 0.29) is 6.04 Å². The molecule has 2 aromatic rings. The number of carbonyl (C=O) groups is 1. The maximum Gasteiger partial charge on any atom is 0.408 e. The highest BCUT2D eigenvalue weighted by Crippen LogP contribution is 2.17. The number of hydrogen-bond acceptors (Lipinski definition) is 5. The van der Waals surface area contributed by atoms with Crippen LogP contribution in [0, 0.1) is 0 Å². The molecule has 0 saturated carbocycles. The second kappa shape index (κ2) is 7.45. The number of nitrogens with one attached hydrogen (secondary N) is 1. The lowest BCUT2D eigenvalue weighted by molar-refractivity contribution is 0.0508. The van der Waals surface area contributed by atoms with E-state index in [1.807, 2.05) is 27.7 Å². The van der Waals surface area contributed by atoms with Gasteiger partial charge in [-0.1, -0.05) is 24.3 Å². The van der Waals surface area contributed by atoms with E-state index in [4.69, 9.17) is 4.74 Å². The molecule has 1 aromatic heterocycles. The number of carbonyl (C=O) groups excluding carboxylic acids is 1. The molecule has 7 heteroatoms. The van der Waals surface area contributed by atoms with Crippen molar-refractivity contribution in [3.05, 3.63) is 47.5 Å². The van der Waals surface area contributed by atoms with Crippen molar-refractivity contribution in [1.82, 2.24) is 25.0 Å². The van der Waals surface area contributed by atoms with Crippen molar-refractivity contribution >= 4 is 6.09 Å². The highest BCUT2D eigenvalue weighted by atomic mass is 16.6. The van der Waals surface area contributed by atoms with Crippen LogP contribution in [-0.4, -0.2) is 37.9 Å². The number of alkyl carbamates (subject to hydrolysis) is 1. The molecule has 1 aliphatic rings. The van der Waals surface area contributed by atoms with Crippen LogP contribution in [-0.2, 0) is 24.4 Å². The van der Waals surface area contributed by atoms with Gasteiger partial charge in [0.15, 0.2) is 0 Å². The first-order chi connectivity index (χ1) is 12.3. The molecule has 1 aliphatic heterocycles. The van der Waals surface area contributed by atoms with Crippen molar-refractivity contribution in [3.8, 4) is 0 Å². The van der Waals surface area contributed by atoms with Crippen molar-refractivity contribution in [2.45, 2.75) is 59.0 Å². The summed E-state index contributed by atoms with van der Waals surface area (Å²) in [7, 11) is 0. The normalized spacial score (nSPS) is 16.0. The quantitative estimate of drug-likeness (QED) is 0.911. The molecule has 140 valence electrons. The third kappa shape index (κ3) is 4.82. The van der Waals surface area contributed by atoms with Gasteiger partial charge < -0.3 is 14.6 Å². The molecule has 0 spiro atoms. The first-order valence-corrected chi connectivity index (χ1v) is 8.97. The Balaban J connectivity index is 1.54. The van der Waals surface area contributed by atoms with Gasteiger partial charge in [-0.25, -0.2) is 4.79 Å². The van der Waals surface area contributed by atoms with Crippen LogP contribution in [0.2, 0.25) is 0 Å². The third-order valence-electron chi connectivity index (χ3n) is 4.34. The molecular formula is C19H27N5O2. The average Bonchev–Trinajstić information content (AvgIpc) is 3.01. The Hall–Kier alpha value is -2.41. The smallest absolute Gasteiger partial charge is 0.408 e. The highest BCUT2D eigenvalue weighted by Gasteiger charge is 2.19. The molecule has 1 unspecified atom stereocenters. The zero-order chi connectivity index (χ0) is 18.7. The predicted molar refractivity (Wildman–Crippen MR) is 98.4 cm³/mol. The standard InChI is InChI=1S/C19H27N5O2/c1-14(21-18(25)26-19(2,3)4)16-7-5-15(6-8-16)11-23-9-10-24-13-20-22-17(24)12-23/h5-8,13-14H,9-12H2,1-4H3,(H,21,25). The monoisotopic (exact) mass is 357 g/mol. The number of benzene rings is 1. The van der Waals surface area contributed by atoms with Crippen molar-refractivity contribution < 1.29 is 9.53 Å². The SMILES string of the molecule is CC(NC(=O)OC(C)(C)C)c1ccc(CN2CCn3cnnc3C2)cc1. The molecule has 1 N–H and O–H groups in total. The molecule has 7 nitrogen and oxygen atoms in total. The minimum Gasteiger partial charge on any atom is -0.444 e. The van der Waals surface area contributed by atoms with E-state index in [9.17, 15) is 4.79 Å². The zero-order valence-corrected chi connectivity index (χ0v) is 15.9. The van der Waals surface area contributed by atoms with Crippen molar-refractivity contribution in [3.63, 3.8) is 0 Å². The average molecular weight is 357 g/mol. The lowest BCUT2D eigenvalue weighted by atomic mass is 10.1. The summed E-state index contributed by atoms with van der Waals surface area (Å²) in [6.45, 7) is 11.1. The van der Waals surface area contributed by atoms with Gasteiger partial charge in [0.25, 0.3) is 0 Å². The minimum atomic E-state index is -0.494. The van der Waals surface area contributed by atoms with E-state index >= 15 is 0 Å². The molecule has 2 heterocycles. The van der Waals surface area contributed by atoms with Crippen LogP contribution >= 0.6 is 0 Å². The van der Waals surface area contributed by atoms with Gasteiger partial charge in [0.05, 0.1) is 12.6 Å². The van der Waals surface area contributed by atoms with Gasteiger partial charge in [-0.05, 0) is 38.8 Å². The van der Waals surface area contributed by atoms with Crippen molar-refractivity contribution in [1.29, 1.82) is 0 Å². The second-order valence-electron chi connectivity index (χ2n) is 7.76. The minimum absolute atomic E-state index is 0.104. The predicted octanol–water partition coefficient (Wildman–Crippen LogP) is 2.88. The maximum absolute atomic E-state index is 11.9. The Morgan fingerprint density at radius 3 is 2.69 bits per heavy atom. The number of rotatable bonds is 4. The number of hydrogen-bond donors (Lipinski definition) is 1. The van der Waals surface area contributed by atoms with Crippen LogP contribution in [0.5, 0.6) is 0 Å². The molecule has 0 bridgehead atoms. The van der Waals surface area contributed by atoms with Crippen LogP contribution in [0.3, 0.4) is 0 Å². The zero-order valence-electron chi connectivity index (χ0n) is 15.9. The Bertz CT molecular complexity index is 748. The second-order valence-corrected chi connectivity index (χ2v) is 7.76. The fourth-order valence-electron chi connectivity index (χ4n) is 2.99. The first kappa shape index (κ1) is 18.4. The van der Waals surface area contributed by atoms with Crippen LogP contribution < -0.4 is 5.32 Å². The summed E-state index contributed by atoms with van der Waals surface area (Å²) in [6, 6.07) is 8.24. The summed E-state index contributed by atoms with van der Waals surface area (Å²) < 4.78 is 7.41. The maximum atomic E-state index is 11.9. The van der Waals surface area contributed by atoms with E-state index in [0.29, 0.717) is 0 Å². The molecule has 0 fully saturated rings. The molecular weight excluding hydrogens is 330 g/mol. The van der Waals surface area contributed by atoms with Crippen molar-refractivity contribution in [2.24, 2.45) is 0 Å². The molecule has 0 radical (unpaired) electrons. The Kier molecular flexibility index (Phi) is 5.27. The van der Waals surface area contributed by atoms with E-state index in [2.05, 4.69) is 49.2 Å². The van der Waals surface area contributed by atoms with Gasteiger partial charge in [-0.3, -0.25) is 4.90 Å². The van der Waals surface area contributed by atoms with Gasteiger partial charge in [0.1, 0.15) is 17.8 Å². The molecule has 26 heavy (non-hydrogen) atoms. The Morgan fingerprint density at radius 2 is 2.00 bits per heavy atom. The van der Waals surface area contributed by atoms with Crippen LogP contribution in [0.15, 0.2) is 30.6 Å². The lowest BCUT2D eigenvalue weighted by Gasteiger charge is -2.27. The van der Waals surface area contributed by atoms with Gasteiger partial charge in [-0.2, -0.15) is 0 Å². The molecule has 3 rings (SSSR count). The van der Waals surface area contributed by atoms with Crippen molar-refractivity contribution in [2.75, 3.05) is 6.54 Å². The Labute approximate surface area is 154 Å². The summed E-state index contributed by atoms with van der Waals surface area (Å²) in [5.41, 5.74) is 1.80. The van der Waals surface area contributed by atoms with Crippen LogP contribution in [0.25, 0.3) is 0 Å². The van der Waals surface area contributed by atoms with E-state index < -0.39 is 11.7 Å². The topological polar surface area (TPSA) is 72.3 Å². The summed E-state index contributed by atoms with van der Waals surface area (Å²) in [4.78, 5) is 14.3. The fourth-order valence-corrected chi connectivity index (χ4v) is 2.99. The van der Waals surface area contributed by atoms with Gasteiger partial charge in [-0.15, -0.1) is 10.2 Å². The highest BCUT2D eigenvalue weighted by molar-refractivity contribution is 5.68. The Morgan fingerprint density at radius 1 is 1.27 bits per heavy atom. The van der Waals surface area contributed by atoms with E-state index in [0.717, 1.165) is 37.6 Å². The summed E-state index contributed by atoms with van der Waals surface area (Å²) >= 11 is 0. The molecule has 0 saturated heterocycles.